The summed E-state index contributed by atoms with van der Waals surface area (Å²) in [6.07, 6.45) is 0. The number of carbonyl (C=O) groups is 1. The normalized spacial score (nSPS) is 10.2. The first-order chi connectivity index (χ1) is 9.16. The van der Waals surface area contributed by atoms with Gasteiger partial charge in [-0.2, -0.15) is 0 Å². The molecule has 0 spiro atoms. The Morgan fingerprint density at radius 2 is 1.84 bits per heavy atom. The summed E-state index contributed by atoms with van der Waals surface area (Å²) >= 11 is 7.51. The lowest BCUT2D eigenvalue weighted by molar-refractivity contribution is -0.113. The van der Waals surface area contributed by atoms with Gasteiger partial charge in [0, 0.05) is 4.90 Å². The van der Waals surface area contributed by atoms with Gasteiger partial charge in [-0.1, -0.05) is 41.9 Å². The van der Waals surface area contributed by atoms with Gasteiger partial charge in [0.05, 0.1) is 16.5 Å². The topological polar surface area (TPSA) is 29.1 Å². The SMILES string of the molecule is Cc1ccccc1SCC(=O)Nc1ccccc1Cl. The number of hydrogen-bond acceptors (Lipinski definition) is 2. The fourth-order valence-electron chi connectivity index (χ4n) is 1.61. The molecule has 0 radical (unpaired) electrons. The molecule has 0 heterocycles. The van der Waals surface area contributed by atoms with Crippen LogP contribution in [0.15, 0.2) is 53.4 Å². The zero-order valence-electron chi connectivity index (χ0n) is 10.5. The molecule has 0 aliphatic carbocycles. The lowest BCUT2D eigenvalue weighted by atomic mass is 10.2. The highest BCUT2D eigenvalue weighted by atomic mass is 35.5. The van der Waals surface area contributed by atoms with Gasteiger partial charge < -0.3 is 5.32 Å². The largest absolute Gasteiger partial charge is 0.324 e. The number of rotatable bonds is 4. The molecule has 98 valence electrons. The van der Waals surface area contributed by atoms with Crippen LogP contribution in [0.2, 0.25) is 5.02 Å². The number of anilines is 1. The molecule has 0 bridgehead atoms. The second-order valence-electron chi connectivity index (χ2n) is 4.08. The molecular weight excluding hydrogens is 278 g/mol. The summed E-state index contributed by atoms with van der Waals surface area (Å²) in [6.45, 7) is 2.04. The highest BCUT2D eigenvalue weighted by Gasteiger charge is 2.06. The van der Waals surface area contributed by atoms with Crippen LogP contribution in [0.3, 0.4) is 0 Å². The van der Waals surface area contributed by atoms with Crippen molar-refractivity contribution in [2.45, 2.75) is 11.8 Å². The Balaban J connectivity index is 1.92. The Hall–Kier alpha value is -1.45. The number of carbonyl (C=O) groups excluding carboxylic acids is 1. The van der Waals surface area contributed by atoms with Crippen LogP contribution in [0.5, 0.6) is 0 Å². The lowest BCUT2D eigenvalue weighted by Gasteiger charge is -2.07. The molecule has 1 N–H and O–H groups in total. The van der Waals surface area contributed by atoms with Gasteiger partial charge in [-0.15, -0.1) is 11.8 Å². The molecule has 0 saturated heterocycles. The van der Waals surface area contributed by atoms with Gasteiger partial charge in [0.15, 0.2) is 0 Å². The highest BCUT2D eigenvalue weighted by molar-refractivity contribution is 8.00. The summed E-state index contributed by atoms with van der Waals surface area (Å²) in [5.41, 5.74) is 1.83. The molecule has 0 aliphatic rings. The number of nitrogens with one attached hydrogen (secondary N) is 1. The van der Waals surface area contributed by atoms with Crippen LogP contribution in [-0.4, -0.2) is 11.7 Å². The maximum absolute atomic E-state index is 11.9. The van der Waals surface area contributed by atoms with E-state index in [1.54, 1.807) is 12.1 Å². The highest BCUT2D eigenvalue weighted by Crippen LogP contribution is 2.23. The minimum absolute atomic E-state index is 0.0543. The van der Waals surface area contributed by atoms with Gasteiger partial charge in [-0.05, 0) is 30.7 Å². The Labute approximate surface area is 122 Å². The van der Waals surface area contributed by atoms with Gasteiger partial charge in [0.25, 0.3) is 0 Å². The maximum atomic E-state index is 11.9. The molecule has 19 heavy (non-hydrogen) atoms. The van der Waals surface area contributed by atoms with Crippen molar-refractivity contribution in [3.8, 4) is 0 Å². The summed E-state index contributed by atoms with van der Waals surface area (Å²) in [6, 6.07) is 15.2. The predicted molar refractivity (Wildman–Crippen MR) is 82.0 cm³/mol. The van der Waals surface area contributed by atoms with Crippen LogP contribution >= 0.6 is 23.4 Å². The summed E-state index contributed by atoms with van der Waals surface area (Å²) in [4.78, 5) is 13.0. The third-order valence-corrected chi connectivity index (χ3v) is 4.11. The van der Waals surface area contributed by atoms with E-state index in [2.05, 4.69) is 5.32 Å². The monoisotopic (exact) mass is 291 g/mol. The lowest BCUT2D eigenvalue weighted by Crippen LogP contribution is -2.14. The first-order valence-corrected chi connectivity index (χ1v) is 7.26. The molecule has 0 atom stereocenters. The second-order valence-corrected chi connectivity index (χ2v) is 5.51. The molecule has 0 unspecified atom stereocenters. The van der Waals surface area contributed by atoms with Crippen LogP contribution in [0.4, 0.5) is 5.69 Å². The average Bonchev–Trinajstić information content (AvgIpc) is 2.40. The van der Waals surface area contributed by atoms with Crippen LogP contribution in [0.25, 0.3) is 0 Å². The van der Waals surface area contributed by atoms with Crippen LogP contribution in [0, 0.1) is 6.92 Å². The first-order valence-electron chi connectivity index (χ1n) is 5.89. The van der Waals surface area contributed by atoms with Gasteiger partial charge >= 0.3 is 0 Å². The van der Waals surface area contributed by atoms with E-state index >= 15 is 0 Å². The molecule has 0 aliphatic heterocycles. The molecule has 2 nitrogen and oxygen atoms in total. The van der Waals surface area contributed by atoms with E-state index in [1.165, 1.54) is 17.3 Å². The van der Waals surface area contributed by atoms with Gasteiger partial charge in [-0.3, -0.25) is 4.79 Å². The maximum Gasteiger partial charge on any atom is 0.234 e. The Morgan fingerprint density at radius 1 is 1.16 bits per heavy atom. The average molecular weight is 292 g/mol. The molecular formula is C15H14ClNOS. The zero-order chi connectivity index (χ0) is 13.7. The molecule has 1 amide bonds. The van der Waals surface area contributed by atoms with Crippen molar-refractivity contribution in [1.82, 2.24) is 0 Å². The summed E-state index contributed by atoms with van der Waals surface area (Å²) in [7, 11) is 0. The van der Waals surface area contributed by atoms with Crippen LogP contribution in [-0.2, 0) is 4.79 Å². The van der Waals surface area contributed by atoms with Crippen molar-refractivity contribution in [1.29, 1.82) is 0 Å². The minimum atomic E-state index is -0.0543. The second kappa shape index (κ2) is 6.64. The van der Waals surface area contributed by atoms with Crippen molar-refractivity contribution in [3.05, 3.63) is 59.1 Å². The minimum Gasteiger partial charge on any atom is -0.324 e. The Bertz CT molecular complexity index is 586. The molecule has 0 fully saturated rings. The number of halogens is 1. The smallest absolute Gasteiger partial charge is 0.234 e. The fraction of sp³-hybridized carbons (Fsp3) is 0.133. The Morgan fingerprint density at radius 3 is 2.58 bits per heavy atom. The van der Waals surface area contributed by atoms with Gasteiger partial charge in [0.2, 0.25) is 5.91 Å². The van der Waals surface area contributed by atoms with Gasteiger partial charge in [0.1, 0.15) is 0 Å². The number of hydrogen-bond donors (Lipinski definition) is 1. The molecule has 2 aromatic carbocycles. The standard InChI is InChI=1S/C15H14ClNOS/c1-11-6-2-5-9-14(11)19-10-15(18)17-13-8-4-3-7-12(13)16/h2-9H,10H2,1H3,(H,17,18). The Kier molecular flexibility index (Phi) is 4.88. The molecule has 0 aromatic heterocycles. The molecule has 2 rings (SSSR count). The van der Waals surface area contributed by atoms with E-state index in [1.807, 2.05) is 43.3 Å². The summed E-state index contributed by atoms with van der Waals surface area (Å²) in [5, 5.41) is 3.36. The molecule has 4 heteroatoms. The number of amides is 1. The first kappa shape index (κ1) is 14.0. The van der Waals surface area contributed by atoms with E-state index < -0.39 is 0 Å². The fourth-order valence-corrected chi connectivity index (χ4v) is 2.62. The van der Waals surface area contributed by atoms with Crippen molar-refractivity contribution in [2.75, 3.05) is 11.1 Å². The van der Waals surface area contributed by atoms with Crippen molar-refractivity contribution < 1.29 is 4.79 Å². The van der Waals surface area contributed by atoms with Crippen LogP contribution in [0.1, 0.15) is 5.56 Å². The summed E-state index contributed by atoms with van der Waals surface area (Å²) < 4.78 is 0. The quantitative estimate of drug-likeness (QED) is 0.847. The van der Waals surface area contributed by atoms with Crippen LogP contribution < -0.4 is 5.32 Å². The van der Waals surface area contributed by atoms with E-state index in [0.717, 1.165) is 4.90 Å². The van der Waals surface area contributed by atoms with E-state index in [0.29, 0.717) is 16.5 Å². The van der Waals surface area contributed by atoms with E-state index in [-0.39, 0.29) is 5.91 Å². The third kappa shape index (κ3) is 4.01. The van der Waals surface area contributed by atoms with E-state index in [4.69, 9.17) is 11.6 Å². The third-order valence-electron chi connectivity index (χ3n) is 2.60. The van der Waals surface area contributed by atoms with Crippen molar-refractivity contribution in [3.63, 3.8) is 0 Å². The van der Waals surface area contributed by atoms with Crippen molar-refractivity contribution in [2.24, 2.45) is 0 Å². The number of thioether (sulfide) groups is 1. The number of aryl methyl sites for hydroxylation is 1. The number of benzene rings is 2. The number of para-hydroxylation sites is 1. The van der Waals surface area contributed by atoms with Gasteiger partial charge in [-0.25, -0.2) is 0 Å². The molecule has 0 saturated carbocycles. The van der Waals surface area contributed by atoms with Crippen molar-refractivity contribution >= 4 is 35.0 Å². The van der Waals surface area contributed by atoms with E-state index in [9.17, 15) is 4.79 Å². The zero-order valence-corrected chi connectivity index (χ0v) is 12.1. The molecule has 2 aromatic rings. The summed E-state index contributed by atoms with van der Waals surface area (Å²) in [5.74, 6) is 0.317. The predicted octanol–water partition coefficient (Wildman–Crippen LogP) is 4.38.